The smallest absolute Gasteiger partial charge is 0.260 e. The van der Waals surface area contributed by atoms with E-state index < -0.39 is 0 Å². The van der Waals surface area contributed by atoms with E-state index in [2.05, 4.69) is 12.2 Å². The summed E-state index contributed by atoms with van der Waals surface area (Å²) in [6.07, 6.45) is 3.88. The Bertz CT molecular complexity index is 601. The second-order valence-electron chi connectivity index (χ2n) is 7.16. The third-order valence-electron chi connectivity index (χ3n) is 5.37. The Balaban J connectivity index is 1.53. The molecule has 144 valence electrons. The van der Waals surface area contributed by atoms with Crippen molar-refractivity contribution in [1.29, 1.82) is 0 Å². The summed E-state index contributed by atoms with van der Waals surface area (Å²) in [5.74, 6) is 1.99. The van der Waals surface area contributed by atoms with E-state index in [1.54, 1.807) is 12.0 Å². The molecule has 1 aliphatic heterocycles. The summed E-state index contributed by atoms with van der Waals surface area (Å²) in [6, 6.07) is 6.51. The predicted octanol–water partition coefficient (Wildman–Crippen LogP) is 2.21. The maximum atomic E-state index is 12.2. The van der Waals surface area contributed by atoms with E-state index in [-0.39, 0.29) is 12.5 Å². The Kier molecular flexibility index (Phi) is 6.74. The molecule has 2 atom stereocenters. The molecule has 1 aliphatic carbocycles. The largest absolute Gasteiger partial charge is 0.493 e. The molecule has 1 aromatic rings. The second-order valence-corrected chi connectivity index (χ2v) is 7.16. The Morgan fingerprint density at radius 2 is 2.08 bits per heavy atom. The van der Waals surface area contributed by atoms with E-state index in [0.29, 0.717) is 43.8 Å². The minimum absolute atomic E-state index is 0.0173. The van der Waals surface area contributed by atoms with Crippen LogP contribution in [0.15, 0.2) is 18.2 Å². The molecule has 1 heterocycles. The zero-order valence-electron chi connectivity index (χ0n) is 15.8. The van der Waals surface area contributed by atoms with Crippen LogP contribution in [0.2, 0.25) is 0 Å². The van der Waals surface area contributed by atoms with Gasteiger partial charge in [0.25, 0.3) is 5.91 Å². The van der Waals surface area contributed by atoms with Gasteiger partial charge < -0.3 is 24.4 Å². The number of hydrogen-bond donors (Lipinski definition) is 1. The van der Waals surface area contributed by atoms with E-state index in [1.807, 2.05) is 18.2 Å². The molecular formula is C20H30N2O4. The number of hydrogen-bond acceptors (Lipinski definition) is 5. The van der Waals surface area contributed by atoms with Crippen LogP contribution in [0.5, 0.6) is 11.5 Å². The molecular weight excluding hydrogens is 332 g/mol. The number of amides is 1. The SMILES string of the molecule is COc1cc(CNC2CCCC2C)ccc1OCC(=O)N1CCOCC1. The third kappa shape index (κ3) is 4.89. The first kappa shape index (κ1) is 19.0. The molecule has 1 amide bonds. The van der Waals surface area contributed by atoms with Gasteiger partial charge in [-0.2, -0.15) is 0 Å². The third-order valence-corrected chi connectivity index (χ3v) is 5.37. The van der Waals surface area contributed by atoms with Crippen molar-refractivity contribution in [2.45, 2.75) is 38.8 Å². The molecule has 2 aliphatic rings. The van der Waals surface area contributed by atoms with Gasteiger partial charge in [-0.1, -0.05) is 19.4 Å². The summed E-state index contributed by atoms with van der Waals surface area (Å²) in [5.41, 5.74) is 1.16. The van der Waals surface area contributed by atoms with Crippen molar-refractivity contribution >= 4 is 5.91 Å². The number of methoxy groups -OCH3 is 1. The summed E-state index contributed by atoms with van der Waals surface area (Å²) in [7, 11) is 1.63. The summed E-state index contributed by atoms with van der Waals surface area (Å²) < 4.78 is 16.4. The van der Waals surface area contributed by atoms with Gasteiger partial charge >= 0.3 is 0 Å². The van der Waals surface area contributed by atoms with Gasteiger partial charge in [0.05, 0.1) is 20.3 Å². The minimum atomic E-state index is -0.0173. The molecule has 0 aromatic heterocycles. The zero-order valence-corrected chi connectivity index (χ0v) is 15.8. The molecule has 26 heavy (non-hydrogen) atoms. The first-order chi connectivity index (χ1) is 12.7. The highest BCUT2D eigenvalue weighted by Crippen LogP contribution is 2.29. The van der Waals surface area contributed by atoms with Crippen LogP contribution in [0.3, 0.4) is 0 Å². The molecule has 2 fully saturated rings. The van der Waals surface area contributed by atoms with Crippen molar-refractivity contribution in [3.63, 3.8) is 0 Å². The fourth-order valence-corrected chi connectivity index (χ4v) is 3.68. The standard InChI is InChI=1S/C20H30N2O4/c1-15-4-3-5-17(15)21-13-16-6-7-18(19(12-16)24-2)26-14-20(23)22-8-10-25-11-9-22/h6-7,12,15,17,21H,3-5,8-11,13-14H2,1-2H3. The van der Waals surface area contributed by atoms with Crippen LogP contribution >= 0.6 is 0 Å². The Labute approximate surface area is 155 Å². The van der Waals surface area contributed by atoms with Gasteiger partial charge in [0, 0.05) is 25.7 Å². The van der Waals surface area contributed by atoms with Crippen molar-refractivity contribution in [1.82, 2.24) is 10.2 Å². The van der Waals surface area contributed by atoms with Crippen LogP contribution in [-0.2, 0) is 16.1 Å². The highest BCUT2D eigenvalue weighted by molar-refractivity contribution is 5.78. The lowest BCUT2D eigenvalue weighted by atomic mass is 10.1. The van der Waals surface area contributed by atoms with E-state index in [0.717, 1.165) is 18.0 Å². The quantitative estimate of drug-likeness (QED) is 0.806. The fourth-order valence-electron chi connectivity index (χ4n) is 3.68. The van der Waals surface area contributed by atoms with Crippen LogP contribution in [0, 0.1) is 5.92 Å². The number of ether oxygens (including phenoxy) is 3. The lowest BCUT2D eigenvalue weighted by Gasteiger charge is -2.26. The highest BCUT2D eigenvalue weighted by Gasteiger charge is 2.22. The summed E-state index contributed by atoms with van der Waals surface area (Å²) in [5, 5.41) is 3.64. The number of nitrogens with one attached hydrogen (secondary N) is 1. The zero-order chi connectivity index (χ0) is 18.4. The van der Waals surface area contributed by atoms with E-state index >= 15 is 0 Å². The van der Waals surface area contributed by atoms with Gasteiger partial charge in [-0.15, -0.1) is 0 Å². The second kappa shape index (κ2) is 9.24. The molecule has 0 radical (unpaired) electrons. The van der Waals surface area contributed by atoms with Crippen molar-refractivity contribution < 1.29 is 19.0 Å². The van der Waals surface area contributed by atoms with Crippen LogP contribution in [-0.4, -0.2) is 56.9 Å². The first-order valence-corrected chi connectivity index (χ1v) is 9.56. The number of nitrogens with zero attached hydrogens (tertiary/aromatic N) is 1. The monoisotopic (exact) mass is 362 g/mol. The average molecular weight is 362 g/mol. The molecule has 1 saturated heterocycles. The van der Waals surface area contributed by atoms with Crippen LogP contribution in [0.25, 0.3) is 0 Å². The average Bonchev–Trinajstić information content (AvgIpc) is 3.10. The molecule has 0 spiro atoms. The van der Waals surface area contributed by atoms with Gasteiger partial charge in [0.15, 0.2) is 18.1 Å². The lowest BCUT2D eigenvalue weighted by Crippen LogP contribution is -2.43. The van der Waals surface area contributed by atoms with Gasteiger partial charge in [-0.05, 0) is 36.5 Å². The van der Waals surface area contributed by atoms with Crippen molar-refractivity contribution in [2.24, 2.45) is 5.92 Å². The van der Waals surface area contributed by atoms with Crippen molar-refractivity contribution in [3.8, 4) is 11.5 Å². The minimum Gasteiger partial charge on any atom is -0.493 e. The molecule has 3 rings (SSSR count). The molecule has 0 bridgehead atoms. The number of rotatable bonds is 7. The van der Waals surface area contributed by atoms with Crippen molar-refractivity contribution in [3.05, 3.63) is 23.8 Å². The summed E-state index contributed by atoms with van der Waals surface area (Å²) >= 11 is 0. The molecule has 1 aromatic carbocycles. The van der Waals surface area contributed by atoms with Gasteiger partial charge in [-0.25, -0.2) is 0 Å². The van der Waals surface area contributed by atoms with Crippen molar-refractivity contribution in [2.75, 3.05) is 40.0 Å². The van der Waals surface area contributed by atoms with E-state index in [4.69, 9.17) is 14.2 Å². The topological polar surface area (TPSA) is 60.0 Å². The van der Waals surface area contributed by atoms with Crippen LogP contribution in [0.1, 0.15) is 31.7 Å². The van der Waals surface area contributed by atoms with Gasteiger partial charge in [0.2, 0.25) is 0 Å². The number of carbonyl (C=O) groups is 1. The molecule has 6 heteroatoms. The maximum absolute atomic E-state index is 12.2. The normalized spacial score (nSPS) is 23.1. The Morgan fingerprint density at radius 1 is 1.27 bits per heavy atom. The number of benzene rings is 1. The fraction of sp³-hybridized carbons (Fsp3) is 0.650. The van der Waals surface area contributed by atoms with Gasteiger partial charge in [0.1, 0.15) is 0 Å². The summed E-state index contributed by atoms with van der Waals surface area (Å²) in [6.45, 7) is 5.60. The highest BCUT2D eigenvalue weighted by atomic mass is 16.5. The van der Waals surface area contributed by atoms with Crippen LogP contribution < -0.4 is 14.8 Å². The Morgan fingerprint density at radius 3 is 2.77 bits per heavy atom. The first-order valence-electron chi connectivity index (χ1n) is 9.56. The molecule has 1 N–H and O–H groups in total. The van der Waals surface area contributed by atoms with E-state index in [9.17, 15) is 4.79 Å². The summed E-state index contributed by atoms with van der Waals surface area (Å²) in [4.78, 5) is 14.0. The predicted molar refractivity (Wildman–Crippen MR) is 99.5 cm³/mol. The molecule has 1 saturated carbocycles. The molecule has 6 nitrogen and oxygen atoms in total. The lowest BCUT2D eigenvalue weighted by molar-refractivity contribution is -0.137. The van der Waals surface area contributed by atoms with E-state index in [1.165, 1.54) is 19.3 Å². The van der Waals surface area contributed by atoms with Crippen LogP contribution in [0.4, 0.5) is 0 Å². The Hall–Kier alpha value is -1.79. The van der Waals surface area contributed by atoms with Gasteiger partial charge in [-0.3, -0.25) is 4.79 Å². The molecule has 2 unspecified atom stereocenters. The number of morpholine rings is 1. The maximum Gasteiger partial charge on any atom is 0.260 e. The number of carbonyl (C=O) groups excluding carboxylic acids is 1.